The molecule has 2 unspecified atom stereocenters. The zero-order valence-electron chi connectivity index (χ0n) is 11.7. The van der Waals surface area contributed by atoms with Crippen molar-refractivity contribution < 1.29 is 0 Å². The highest BCUT2D eigenvalue weighted by molar-refractivity contribution is 5.21. The number of hydrogen-bond donors (Lipinski definition) is 1. The Morgan fingerprint density at radius 2 is 2.11 bits per heavy atom. The van der Waals surface area contributed by atoms with Crippen LogP contribution < -0.4 is 5.32 Å². The molecule has 2 heteroatoms. The lowest BCUT2D eigenvalue weighted by Gasteiger charge is -2.24. The van der Waals surface area contributed by atoms with E-state index in [1.807, 2.05) is 0 Å². The highest BCUT2D eigenvalue weighted by Gasteiger charge is 2.26. The molecule has 0 radical (unpaired) electrons. The third-order valence-electron chi connectivity index (χ3n) is 3.98. The summed E-state index contributed by atoms with van der Waals surface area (Å²) in [7, 11) is 0. The zero-order chi connectivity index (χ0) is 12.8. The SMILES string of the molecule is CCCNCC(C)N1CCC(c2ccccc2)C1. The quantitative estimate of drug-likeness (QED) is 0.777. The van der Waals surface area contributed by atoms with Crippen molar-refractivity contribution in [1.29, 1.82) is 0 Å². The molecule has 0 aliphatic carbocycles. The Morgan fingerprint density at radius 1 is 1.33 bits per heavy atom. The van der Waals surface area contributed by atoms with Crippen molar-refractivity contribution >= 4 is 0 Å². The molecule has 1 saturated heterocycles. The Hall–Kier alpha value is -0.860. The third kappa shape index (κ3) is 3.56. The molecule has 1 aromatic rings. The monoisotopic (exact) mass is 246 g/mol. The summed E-state index contributed by atoms with van der Waals surface area (Å²) in [5.41, 5.74) is 1.51. The Bertz CT molecular complexity index is 336. The molecule has 1 aromatic carbocycles. The van der Waals surface area contributed by atoms with Gasteiger partial charge in [0.2, 0.25) is 0 Å². The van der Waals surface area contributed by atoms with Crippen molar-refractivity contribution in [2.24, 2.45) is 0 Å². The summed E-state index contributed by atoms with van der Waals surface area (Å²) < 4.78 is 0. The summed E-state index contributed by atoms with van der Waals surface area (Å²) in [6, 6.07) is 11.6. The number of likely N-dealkylation sites (tertiary alicyclic amines) is 1. The predicted octanol–water partition coefficient (Wildman–Crippen LogP) is 2.86. The van der Waals surface area contributed by atoms with Crippen LogP contribution in [0.2, 0.25) is 0 Å². The van der Waals surface area contributed by atoms with Crippen LogP contribution in [0.1, 0.15) is 38.2 Å². The average Bonchev–Trinajstić information content (AvgIpc) is 2.89. The first-order valence-electron chi connectivity index (χ1n) is 7.31. The van der Waals surface area contributed by atoms with Crippen molar-refractivity contribution in [2.45, 2.75) is 38.6 Å². The van der Waals surface area contributed by atoms with Crippen LogP contribution in [-0.4, -0.2) is 37.1 Å². The van der Waals surface area contributed by atoms with Crippen LogP contribution in [0, 0.1) is 0 Å². The minimum absolute atomic E-state index is 0.658. The van der Waals surface area contributed by atoms with E-state index in [9.17, 15) is 0 Å². The predicted molar refractivity (Wildman–Crippen MR) is 78.0 cm³/mol. The lowest BCUT2D eigenvalue weighted by Crippen LogP contribution is -2.39. The van der Waals surface area contributed by atoms with Gasteiger partial charge in [0.05, 0.1) is 0 Å². The van der Waals surface area contributed by atoms with E-state index in [0.717, 1.165) is 19.0 Å². The zero-order valence-corrected chi connectivity index (χ0v) is 11.7. The number of nitrogens with zero attached hydrogens (tertiary/aromatic N) is 1. The highest BCUT2D eigenvalue weighted by Crippen LogP contribution is 2.27. The van der Waals surface area contributed by atoms with E-state index in [1.54, 1.807) is 0 Å². The average molecular weight is 246 g/mol. The van der Waals surface area contributed by atoms with E-state index in [1.165, 1.54) is 31.5 Å². The Morgan fingerprint density at radius 3 is 2.83 bits per heavy atom. The van der Waals surface area contributed by atoms with Gasteiger partial charge in [0.1, 0.15) is 0 Å². The largest absolute Gasteiger partial charge is 0.315 e. The fourth-order valence-electron chi connectivity index (χ4n) is 2.80. The van der Waals surface area contributed by atoms with Gasteiger partial charge in [0.15, 0.2) is 0 Å². The van der Waals surface area contributed by atoms with E-state index in [2.05, 4.69) is 54.4 Å². The maximum atomic E-state index is 3.52. The van der Waals surface area contributed by atoms with Crippen molar-refractivity contribution in [3.63, 3.8) is 0 Å². The number of rotatable bonds is 6. The molecule has 0 spiro atoms. The fourth-order valence-corrected chi connectivity index (χ4v) is 2.80. The van der Waals surface area contributed by atoms with Gasteiger partial charge in [0.25, 0.3) is 0 Å². The maximum absolute atomic E-state index is 3.52. The molecule has 1 heterocycles. The standard InChI is InChI=1S/C16H26N2/c1-3-10-17-12-14(2)18-11-9-16(13-18)15-7-5-4-6-8-15/h4-8,14,16-17H,3,9-13H2,1-2H3. The molecule has 0 aromatic heterocycles. The van der Waals surface area contributed by atoms with E-state index >= 15 is 0 Å². The normalized spacial score (nSPS) is 22.2. The molecule has 2 nitrogen and oxygen atoms in total. The first-order chi connectivity index (χ1) is 8.81. The maximum Gasteiger partial charge on any atom is 0.0192 e. The van der Waals surface area contributed by atoms with Gasteiger partial charge >= 0.3 is 0 Å². The minimum Gasteiger partial charge on any atom is -0.315 e. The molecule has 100 valence electrons. The molecule has 2 atom stereocenters. The van der Waals surface area contributed by atoms with Crippen LogP contribution in [0.15, 0.2) is 30.3 Å². The second-order valence-corrected chi connectivity index (χ2v) is 5.44. The van der Waals surface area contributed by atoms with Crippen LogP contribution in [0.25, 0.3) is 0 Å². The van der Waals surface area contributed by atoms with E-state index in [-0.39, 0.29) is 0 Å². The topological polar surface area (TPSA) is 15.3 Å². The first kappa shape index (κ1) is 13.6. The fraction of sp³-hybridized carbons (Fsp3) is 0.625. The van der Waals surface area contributed by atoms with Crippen LogP contribution >= 0.6 is 0 Å². The number of nitrogens with one attached hydrogen (secondary N) is 1. The van der Waals surface area contributed by atoms with Gasteiger partial charge in [-0.25, -0.2) is 0 Å². The molecular weight excluding hydrogens is 220 g/mol. The number of benzene rings is 1. The van der Waals surface area contributed by atoms with Gasteiger partial charge in [0, 0.05) is 19.1 Å². The second kappa shape index (κ2) is 6.91. The van der Waals surface area contributed by atoms with E-state index in [4.69, 9.17) is 0 Å². The Labute approximate surface area is 111 Å². The van der Waals surface area contributed by atoms with Gasteiger partial charge in [-0.1, -0.05) is 37.3 Å². The lowest BCUT2D eigenvalue weighted by atomic mass is 9.99. The molecule has 18 heavy (non-hydrogen) atoms. The summed E-state index contributed by atoms with van der Waals surface area (Å²) >= 11 is 0. The molecule has 1 aliphatic rings. The van der Waals surface area contributed by atoms with Crippen LogP contribution in [-0.2, 0) is 0 Å². The summed E-state index contributed by atoms with van der Waals surface area (Å²) in [6.45, 7) is 9.29. The van der Waals surface area contributed by atoms with E-state index < -0.39 is 0 Å². The van der Waals surface area contributed by atoms with Gasteiger partial charge in [-0.3, -0.25) is 4.90 Å². The van der Waals surface area contributed by atoms with Crippen molar-refractivity contribution in [2.75, 3.05) is 26.2 Å². The van der Waals surface area contributed by atoms with Gasteiger partial charge < -0.3 is 5.32 Å². The smallest absolute Gasteiger partial charge is 0.0192 e. The second-order valence-electron chi connectivity index (χ2n) is 5.44. The van der Waals surface area contributed by atoms with Crippen molar-refractivity contribution in [3.05, 3.63) is 35.9 Å². The molecule has 0 amide bonds. The van der Waals surface area contributed by atoms with Crippen molar-refractivity contribution in [3.8, 4) is 0 Å². The molecule has 2 rings (SSSR count). The van der Waals surface area contributed by atoms with Gasteiger partial charge in [-0.15, -0.1) is 0 Å². The molecule has 1 fully saturated rings. The van der Waals surface area contributed by atoms with Crippen LogP contribution in [0.4, 0.5) is 0 Å². The Balaban J connectivity index is 1.81. The highest BCUT2D eigenvalue weighted by atomic mass is 15.2. The van der Waals surface area contributed by atoms with Crippen LogP contribution in [0.3, 0.4) is 0 Å². The molecule has 1 N–H and O–H groups in total. The van der Waals surface area contributed by atoms with Crippen molar-refractivity contribution in [1.82, 2.24) is 10.2 Å². The lowest BCUT2D eigenvalue weighted by molar-refractivity contribution is 0.249. The summed E-state index contributed by atoms with van der Waals surface area (Å²) in [6.07, 6.45) is 2.53. The summed E-state index contributed by atoms with van der Waals surface area (Å²) in [5, 5.41) is 3.52. The third-order valence-corrected chi connectivity index (χ3v) is 3.98. The van der Waals surface area contributed by atoms with E-state index in [0.29, 0.717) is 6.04 Å². The van der Waals surface area contributed by atoms with Gasteiger partial charge in [-0.05, 0) is 44.3 Å². The van der Waals surface area contributed by atoms with Gasteiger partial charge in [-0.2, -0.15) is 0 Å². The van der Waals surface area contributed by atoms with Crippen LogP contribution in [0.5, 0.6) is 0 Å². The molecule has 0 bridgehead atoms. The molecule has 0 saturated carbocycles. The summed E-state index contributed by atoms with van der Waals surface area (Å²) in [4.78, 5) is 2.63. The molecule has 1 aliphatic heterocycles. The summed E-state index contributed by atoms with van der Waals surface area (Å²) in [5.74, 6) is 0.736. The minimum atomic E-state index is 0.658. The number of hydrogen-bond acceptors (Lipinski definition) is 2. The Kier molecular flexibility index (Phi) is 5.21. The first-order valence-corrected chi connectivity index (χ1v) is 7.31. The molecular formula is C16H26N2.